The number of para-hydroxylation sites is 1. The number of ether oxygens (including phenoxy) is 2. The van der Waals surface area contributed by atoms with Crippen LogP contribution in [0, 0.1) is 5.92 Å². The number of nitrogens with zero attached hydrogens (tertiary/aromatic N) is 1. The fraction of sp³-hybridized carbons (Fsp3) is 0.318. The zero-order chi connectivity index (χ0) is 18.4. The van der Waals surface area contributed by atoms with E-state index in [-0.39, 0.29) is 11.8 Å². The Hall–Kier alpha value is -2.95. The molecule has 1 unspecified atom stereocenters. The summed E-state index contributed by atoms with van der Waals surface area (Å²) in [6.45, 7) is 1.84. The van der Waals surface area contributed by atoms with Gasteiger partial charge in [-0.2, -0.15) is 0 Å². The molecule has 0 saturated heterocycles. The highest BCUT2D eigenvalue weighted by Crippen LogP contribution is 2.32. The van der Waals surface area contributed by atoms with Crippen LogP contribution in [0.2, 0.25) is 0 Å². The minimum Gasteiger partial charge on any atom is -0.497 e. The molecule has 5 rings (SSSR count). The number of rotatable bonds is 2. The normalized spacial score (nSPS) is 18.6. The molecule has 0 fully saturated rings. The van der Waals surface area contributed by atoms with Gasteiger partial charge in [0.1, 0.15) is 18.1 Å². The topological polar surface area (TPSA) is 54.6 Å². The van der Waals surface area contributed by atoms with E-state index in [0.29, 0.717) is 13.2 Å². The number of amides is 1. The highest BCUT2D eigenvalue weighted by atomic mass is 16.5. The Bertz CT molecular complexity index is 1020. The summed E-state index contributed by atoms with van der Waals surface area (Å²) in [5, 5.41) is 1.15. The lowest BCUT2D eigenvalue weighted by atomic mass is 9.94. The summed E-state index contributed by atoms with van der Waals surface area (Å²) < 4.78 is 11.2. The van der Waals surface area contributed by atoms with Gasteiger partial charge in [0, 0.05) is 41.7 Å². The SMILES string of the molecule is COc1ccc2[nH]c3c(c2c1)CN(C(=O)C1COc2ccccc2C1)CC3. The minimum absolute atomic E-state index is 0.110. The highest BCUT2D eigenvalue weighted by Gasteiger charge is 2.32. The van der Waals surface area contributed by atoms with Crippen molar-refractivity contribution in [1.29, 1.82) is 0 Å². The van der Waals surface area contributed by atoms with Gasteiger partial charge in [-0.3, -0.25) is 4.79 Å². The van der Waals surface area contributed by atoms with Crippen molar-refractivity contribution < 1.29 is 14.3 Å². The molecule has 1 N–H and O–H groups in total. The first kappa shape index (κ1) is 16.2. The predicted molar refractivity (Wildman–Crippen MR) is 103 cm³/mol. The van der Waals surface area contributed by atoms with Crippen LogP contribution in [0.4, 0.5) is 0 Å². The van der Waals surface area contributed by atoms with E-state index in [4.69, 9.17) is 9.47 Å². The van der Waals surface area contributed by atoms with E-state index >= 15 is 0 Å². The monoisotopic (exact) mass is 362 g/mol. The number of aromatic nitrogens is 1. The molecule has 1 atom stereocenters. The van der Waals surface area contributed by atoms with E-state index in [9.17, 15) is 4.79 Å². The van der Waals surface area contributed by atoms with Crippen molar-refractivity contribution in [3.8, 4) is 11.5 Å². The number of benzene rings is 2. The van der Waals surface area contributed by atoms with Gasteiger partial charge in [-0.15, -0.1) is 0 Å². The van der Waals surface area contributed by atoms with Crippen molar-refractivity contribution in [3.63, 3.8) is 0 Å². The summed E-state index contributed by atoms with van der Waals surface area (Å²) in [4.78, 5) is 18.6. The van der Waals surface area contributed by atoms with Crippen molar-refractivity contribution in [2.75, 3.05) is 20.3 Å². The second-order valence-electron chi connectivity index (χ2n) is 7.32. The van der Waals surface area contributed by atoms with Gasteiger partial charge in [-0.1, -0.05) is 18.2 Å². The molecular formula is C22H22N2O3. The smallest absolute Gasteiger partial charge is 0.229 e. The van der Waals surface area contributed by atoms with Gasteiger partial charge in [0.25, 0.3) is 0 Å². The molecule has 0 radical (unpaired) electrons. The van der Waals surface area contributed by atoms with Gasteiger partial charge in [0.05, 0.1) is 13.0 Å². The molecule has 3 heterocycles. The fourth-order valence-electron chi connectivity index (χ4n) is 4.25. The maximum absolute atomic E-state index is 13.2. The van der Waals surface area contributed by atoms with Gasteiger partial charge in [-0.05, 0) is 36.2 Å². The number of methoxy groups -OCH3 is 1. The predicted octanol–water partition coefficient (Wildman–Crippen LogP) is 3.31. The molecule has 0 bridgehead atoms. The number of aromatic amines is 1. The third kappa shape index (κ3) is 2.74. The van der Waals surface area contributed by atoms with Crippen LogP contribution in [-0.2, 0) is 24.2 Å². The molecule has 0 aliphatic carbocycles. The molecular weight excluding hydrogens is 340 g/mol. The Kier molecular flexibility index (Phi) is 3.81. The number of nitrogens with one attached hydrogen (secondary N) is 1. The first-order valence-electron chi connectivity index (χ1n) is 9.40. The van der Waals surface area contributed by atoms with Crippen molar-refractivity contribution in [2.24, 2.45) is 5.92 Å². The number of carbonyl (C=O) groups is 1. The Balaban J connectivity index is 1.40. The second-order valence-corrected chi connectivity index (χ2v) is 7.32. The fourth-order valence-corrected chi connectivity index (χ4v) is 4.25. The van der Waals surface area contributed by atoms with E-state index in [2.05, 4.69) is 17.1 Å². The van der Waals surface area contributed by atoms with Crippen LogP contribution < -0.4 is 9.47 Å². The lowest BCUT2D eigenvalue weighted by Gasteiger charge is -2.32. The standard InChI is InChI=1S/C22H22N2O3/c1-26-16-6-7-19-17(11-16)18-12-24(9-8-20(18)23-19)22(25)15-10-14-4-2-3-5-21(14)27-13-15/h2-7,11,15,23H,8-10,12-13H2,1H3. The van der Waals surface area contributed by atoms with Crippen LogP contribution in [0.3, 0.4) is 0 Å². The molecule has 0 saturated carbocycles. The lowest BCUT2D eigenvalue weighted by molar-refractivity contribution is -0.137. The maximum atomic E-state index is 13.2. The largest absolute Gasteiger partial charge is 0.497 e. The summed E-state index contributed by atoms with van der Waals surface area (Å²) in [6, 6.07) is 14.1. The van der Waals surface area contributed by atoms with Crippen LogP contribution in [-0.4, -0.2) is 36.1 Å². The Labute approximate surface area is 157 Å². The van der Waals surface area contributed by atoms with E-state index < -0.39 is 0 Å². The van der Waals surface area contributed by atoms with Crippen molar-refractivity contribution in [3.05, 3.63) is 59.3 Å². The number of fused-ring (bicyclic) bond motifs is 4. The summed E-state index contributed by atoms with van der Waals surface area (Å²) in [5.74, 6) is 1.82. The summed E-state index contributed by atoms with van der Waals surface area (Å²) in [7, 11) is 1.68. The molecule has 138 valence electrons. The average molecular weight is 362 g/mol. The van der Waals surface area contributed by atoms with Gasteiger partial charge < -0.3 is 19.4 Å². The van der Waals surface area contributed by atoms with Crippen LogP contribution >= 0.6 is 0 Å². The zero-order valence-corrected chi connectivity index (χ0v) is 15.3. The Morgan fingerprint density at radius 1 is 1.26 bits per heavy atom. The van der Waals surface area contributed by atoms with Crippen LogP contribution in [0.1, 0.15) is 16.8 Å². The van der Waals surface area contributed by atoms with E-state index in [1.807, 2.05) is 35.2 Å². The van der Waals surface area contributed by atoms with E-state index in [0.717, 1.165) is 47.4 Å². The van der Waals surface area contributed by atoms with Gasteiger partial charge in [0.2, 0.25) is 5.91 Å². The van der Waals surface area contributed by atoms with E-state index in [1.54, 1.807) is 7.11 Å². The molecule has 2 aliphatic rings. The third-order valence-electron chi connectivity index (χ3n) is 5.72. The molecule has 1 amide bonds. The maximum Gasteiger partial charge on any atom is 0.229 e. The quantitative estimate of drug-likeness (QED) is 0.761. The molecule has 1 aromatic heterocycles. The highest BCUT2D eigenvalue weighted by molar-refractivity contribution is 5.87. The molecule has 5 heteroatoms. The molecule has 3 aromatic rings. The van der Waals surface area contributed by atoms with Crippen molar-refractivity contribution in [1.82, 2.24) is 9.88 Å². The van der Waals surface area contributed by atoms with E-state index in [1.165, 1.54) is 11.3 Å². The van der Waals surface area contributed by atoms with Crippen molar-refractivity contribution in [2.45, 2.75) is 19.4 Å². The minimum atomic E-state index is -0.110. The summed E-state index contributed by atoms with van der Waals surface area (Å²) >= 11 is 0. The van der Waals surface area contributed by atoms with Gasteiger partial charge in [0.15, 0.2) is 0 Å². The molecule has 2 aliphatic heterocycles. The van der Waals surface area contributed by atoms with Gasteiger partial charge in [-0.25, -0.2) is 0 Å². The van der Waals surface area contributed by atoms with Crippen LogP contribution in [0.25, 0.3) is 10.9 Å². The zero-order valence-electron chi connectivity index (χ0n) is 15.3. The van der Waals surface area contributed by atoms with Crippen LogP contribution in [0.5, 0.6) is 11.5 Å². The summed E-state index contributed by atoms with van der Waals surface area (Å²) in [5.41, 5.74) is 4.66. The number of hydrogen-bond acceptors (Lipinski definition) is 3. The molecule has 2 aromatic carbocycles. The van der Waals surface area contributed by atoms with Crippen LogP contribution in [0.15, 0.2) is 42.5 Å². The summed E-state index contributed by atoms with van der Waals surface area (Å²) in [6.07, 6.45) is 1.60. The molecule has 5 nitrogen and oxygen atoms in total. The molecule has 27 heavy (non-hydrogen) atoms. The first-order chi connectivity index (χ1) is 13.2. The molecule has 0 spiro atoms. The lowest BCUT2D eigenvalue weighted by Crippen LogP contribution is -2.43. The van der Waals surface area contributed by atoms with Gasteiger partial charge >= 0.3 is 0 Å². The Morgan fingerprint density at radius 3 is 3.04 bits per heavy atom. The number of carbonyl (C=O) groups excluding carboxylic acids is 1. The Morgan fingerprint density at radius 2 is 2.15 bits per heavy atom. The first-order valence-corrected chi connectivity index (χ1v) is 9.40. The average Bonchev–Trinajstić information content (AvgIpc) is 3.09. The van der Waals surface area contributed by atoms with Crippen molar-refractivity contribution >= 4 is 16.8 Å². The number of H-pyrrole nitrogens is 1. The third-order valence-corrected chi connectivity index (χ3v) is 5.72. The number of hydrogen-bond donors (Lipinski definition) is 1. The second kappa shape index (κ2) is 6.34.